The standard InChI is InChI=1S/C22H28N6O3/c1-27-14-17(13-24-27)20-11-16(12-21(26-20)28-8-7-23-15-28)22(29)25-18-3-5-19(6-4-18)31-10-9-30-2/h7-8,11-15,18-19H,3-6,9-10H2,1-2H3,(H,25,29). The van der Waals surface area contributed by atoms with Crippen molar-refractivity contribution in [3.8, 4) is 17.1 Å². The predicted molar refractivity (Wildman–Crippen MR) is 115 cm³/mol. The van der Waals surface area contributed by atoms with Gasteiger partial charge in [-0.1, -0.05) is 0 Å². The first kappa shape index (κ1) is 21.2. The normalized spacial score (nSPS) is 18.8. The van der Waals surface area contributed by atoms with Crippen LogP contribution in [-0.2, 0) is 16.5 Å². The van der Waals surface area contributed by atoms with E-state index in [1.165, 1.54) is 0 Å². The fourth-order valence-corrected chi connectivity index (χ4v) is 3.82. The molecule has 1 fully saturated rings. The van der Waals surface area contributed by atoms with Crippen LogP contribution >= 0.6 is 0 Å². The summed E-state index contributed by atoms with van der Waals surface area (Å²) in [5, 5.41) is 7.41. The van der Waals surface area contributed by atoms with Gasteiger partial charge in [-0.2, -0.15) is 5.10 Å². The van der Waals surface area contributed by atoms with Crippen molar-refractivity contribution in [1.29, 1.82) is 0 Å². The topological polar surface area (TPSA) is 96.1 Å². The molecule has 3 aromatic heterocycles. The van der Waals surface area contributed by atoms with Crippen LogP contribution in [-0.4, -0.2) is 62.7 Å². The van der Waals surface area contributed by atoms with Gasteiger partial charge in [0.1, 0.15) is 12.1 Å². The third-order valence-corrected chi connectivity index (χ3v) is 5.49. The highest BCUT2D eigenvalue weighted by molar-refractivity contribution is 5.95. The number of aromatic nitrogens is 5. The van der Waals surface area contributed by atoms with Gasteiger partial charge in [0.2, 0.25) is 0 Å². The van der Waals surface area contributed by atoms with E-state index in [2.05, 4.69) is 15.4 Å². The van der Waals surface area contributed by atoms with Crippen LogP contribution in [0.2, 0.25) is 0 Å². The molecular formula is C22H28N6O3. The van der Waals surface area contributed by atoms with E-state index in [1.54, 1.807) is 41.1 Å². The summed E-state index contributed by atoms with van der Waals surface area (Å²) in [5.41, 5.74) is 2.11. The molecule has 3 aromatic rings. The van der Waals surface area contributed by atoms with Crippen molar-refractivity contribution >= 4 is 5.91 Å². The van der Waals surface area contributed by atoms with E-state index in [0.717, 1.165) is 31.2 Å². The summed E-state index contributed by atoms with van der Waals surface area (Å²) in [5.74, 6) is 0.539. The van der Waals surface area contributed by atoms with Gasteiger partial charge in [0.05, 0.1) is 31.2 Å². The van der Waals surface area contributed by atoms with Crippen molar-refractivity contribution in [2.45, 2.75) is 37.8 Å². The lowest BCUT2D eigenvalue weighted by Crippen LogP contribution is -2.39. The van der Waals surface area contributed by atoms with E-state index in [0.29, 0.717) is 30.3 Å². The molecule has 0 bridgehead atoms. The number of methoxy groups -OCH3 is 1. The number of carbonyl (C=O) groups excluding carboxylic acids is 1. The van der Waals surface area contributed by atoms with Crippen molar-refractivity contribution in [2.75, 3.05) is 20.3 Å². The number of hydrogen-bond acceptors (Lipinski definition) is 6. The van der Waals surface area contributed by atoms with Crippen LogP contribution in [0.4, 0.5) is 0 Å². The van der Waals surface area contributed by atoms with Crippen LogP contribution in [0, 0.1) is 0 Å². The monoisotopic (exact) mass is 424 g/mol. The molecule has 0 unspecified atom stereocenters. The molecule has 0 atom stereocenters. The summed E-state index contributed by atoms with van der Waals surface area (Å²) in [4.78, 5) is 21.9. The van der Waals surface area contributed by atoms with Gasteiger partial charge in [0, 0.05) is 49.9 Å². The summed E-state index contributed by atoms with van der Waals surface area (Å²) in [6.07, 6.45) is 12.7. The van der Waals surface area contributed by atoms with Gasteiger partial charge < -0.3 is 14.8 Å². The number of pyridine rings is 1. The summed E-state index contributed by atoms with van der Waals surface area (Å²) in [6.45, 7) is 1.22. The molecule has 1 amide bonds. The SMILES string of the molecule is COCCOC1CCC(NC(=O)c2cc(-c3cnn(C)c3)nc(-n3ccnc3)c2)CC1. The number of rotatable bonds is 8. The molecule has 0 radical (unpaired) electrons. The fraction of sp³-hybridized carbons (Fsp3) is 0.455. The lowest BCUT2D eigenvalue weighted by Gasteiger charge is -2.29. The van der Waals surface area contributed by atoms with Crippen LogP contribution in [0.3, 0.4) is 0 Å². The average Bonchev–Trinajstić information content (AvgIpc) is 3.47. The molecule has 1 aliphatic carbocycles. The second-order valence-electron chi connectivity index (χ2n) is 7.78. The number of aryl methyl sites for hydroxylation is 1. The first-order valence-electron chi connectivity index (χ1n) is 10.5. The van der Waals surface area contributed by atoms with Gasteiger partial charge in [0.15, 0.2) is 0 Å². The van der Waals surface area contributed by atoms with Crippen molar-refractivity contribution in [2.24, 2.45) is 7.05 Å². The minimum Gasteiger partial charge on any atom is -0.382 e. The Kier molecular flexibility index (Phi) is 6.73. The van der Waals surface area contributed by atoms with Crippen LogP contribution < -0.4 is 5.32 Å². The van der Waals surface area contributed by atoms with Crippen molar-refractivity contribution < 1.29 is 14.3 Å². The lowest BCUT2D eigenvalue weighted by molar-refractivity contribution is -0.00408. The smallest absolute Gasteiger partial charge is 0.251 e. The molecule has 31 heavy (non-hydrogen) atoms. The van der Waals surface area contributed by atoms with Crippen LogP contribution in [0.15, 0.2) is 43.2 Å². The third kappa shape index (κ3) is 5.36. The molecule has 0 spiro atoms. The maximum Gasteiger partial charge on any atom is 0.251 e. The Balaban J connectivity index is 1.47. The quantitative estimate of drug-likeness (QED) is 0.558. The predicted octanol–water partition coefficient (Wildman–Crippen LogP) is 2.37. The van der Waals surface area contributed by atoms with Crippen LogP contribution in [0.5, 0.6) is 0 Å². The van der Waals surface area contributed by atoms with Gasteiger partial charge in [0.25, 0.3) is 5.91 Å². The Morgan fingerprint density at radius 3 is 2.74 bits per heavy atom. The number of carbonyl (C=O) groups is 1. The molecule has 1 N–H and O–H groups in total. The zero-order valence-corrected chi connectivity index (χ0v) is 17.9. The molecule has 164 valence electrons. The molecule has 9 nitrogen and oxygen atoms in total. The van der Waals surface area contributed by atoms with E-state index in [4.69, 9.17) is 14.5 Å². The number of imidazole rings is 1. The first-order valence-corrected chi connectivity index (χ1v) is 10.5. The first-order chi connectivity index (χ1) is 15.1. The highest BCUT2D eigenvalue weighted by atomic mass is 16.5. The van der Waals surface area contributed by atoms with E-state index >= 15 is 0 Å². The average molecular weight is 425 g/mol. The molecule has 0 aliphatic heterocycles. The number of ether oxygens (including phenoxy) is 2. The maximum atomic E-state index is 13.1. The fourth-order valence-electron chi connectivity index (χ4n) is 3.82. The number of hydrogen-bond donors (Lipinski definition) is 1. The second kappa shape index (κ2) is 9.84. The number of amides is 1. The maximum absolute atomic E-state index is 13.1. The zero-order chi connectivity index (χ0) is 21.6. The van der Waals surface area contributed by atoms with Gasteiger partial charge in [-0.15, -0.1) is 0 Å². The molecule has 0 saturated heterocycles. The Morgan fingerprint density at radius 1 is 1.23 bits per heavy atom. The van der Waals surface area contributed by atoms with Gasteiger partial charge in [-0.3, -0.25) is 14.0 Å². The summed E-state index contributed by atoms with van der Waals surface area (Å²) in [6, 6.07) is 3.74. The second-order valence-corrected chi connectivity index (χ2v) is 7.78. The largest absolute Gasteiger partial charge is 0.382 e. The summed E-state index contributed by atoms with van der Waals surface area (Å²) >= 11 is 0. The van der Waals surface area contributed by atoms with E-state index in [-0.39, 0.29) is 18.1 Å². The number of nitrogens with zero attached hydrogens (tertiary/aromatic N) is 5. The van der Waals surface area contributed by atoms with Crippen molar-refractivity contribution in [3.63, 3.8) is 0 Å². The van der Waals surface area contributed by atoms with Crippen LogP contribution in [0.25, 0.3) is 17.1 Å². The van der Waals surface area contributed by atoms with Crippen molar-refractivity contribution in [3.05, 3.63) is 48.8 Å². The highest BCUT2D eigenvalue weighted by Crippen LogP contribution is 2.23. The molecule has 1 saturated carbocycles. The molecule has 4 rings (SSSR count). The zero-order valence-electron chi connectivity index (χ0n) is 17.9. The molecule has 1 aliphatic rings. The van der Waals surface area contributed by atoms with Crippen LogP contribution in [0.1, 0.15) is 36.0 Å². The van der Waals surface area contributed by atoms with E-state index in [9.17, 15) is 4.79 Å². The Labute approximate surface area is 181 Å². The molecule has 0 aromatic carbocycles. The van der Waals surface area contributed by atoms with Crippen molar-refractivity contribution in [1.82, 2.24) is 29.6 Å². The summed E-state index contributed by atoms with van der Waals surface area (Å²) < 4.78 is 14.4. The molecule has 9 heteroatoms. The van der Waals surface area contributed by atoms with Gasteiger partial charge in [-0.25, -0.2) is 9.97 Å². The lowest BCUT2D eigenvalue weighted by atomic mass is 9.92. The molecular weight excluding hydrogens is 396 g/mol. The molecule has 3 heterocycles. The highest BCUT2D eigenvalue weighted by Gasteiger charge is 2.24. The minimum atomic E-state index is -0.0994. The Bertz CT molecular complexity index is 993. The van der Waals surface area contributed by atoms with Gasteiger partial charge >= 0.3 is 0 Å². The number of nitrogens with one attached hydrogen (secondary N) is 1. The van der Waals surface area contributed by atoms with E-state index in [1.807, 2.05) is 25.5 Å². The van der Waals surface area contributed by atoms with Gasteiger partial charge in [-0.05, 0) is 37.8 Å². The Morgan fingerprint density at radius 2 is 2.06 bits per heavy atom. The van der Waals surface area contributed by atoms with E-state index < -0.39 is 0 Å². The summed E-state index contributed by atoms with van der Waals surface area (Å²) in [7, 11) is 3.53. The minimum absolute atomic E-state index is 0.0994. The Hall–Kier alpha value is -3.04. The third-order valence-electron chi connectivity index (χ3n) is 5.49.